The third-order valence-electron chi connectivity index (χ3n) is 4.14. The number of fused-ring (bicyclic) bond motifs is 2. The number of amides is 1. The second-order valence-corrected chi connectivity index (χ2v) is 7.97. The first-order chi connectivity index (χ1) is 13.5. The minimum Gasteiger partial charge on any atom is -0.465 e. The molecule has 0 radical (unpaired) electrons. The summed E-state index contributed by atoms with van der Waals surface area (Å²) in [5.41, 5.74) is 0.370. The second-order valence-electron chi connectivity index (χ2n) is 5.84. The maximum atomic E-state index is 12.8. The summed E-state index contributed by atoms with van der Waals surface area (Å²) in [5.74, 6) is -0.916. The van der Waals surface area contributed by atoms with Gasteiger partial charge in [-0.1, -0.05) is 18.2 Å². The highest BCUT2D eigenvalue weighted by molar-refractivity contribution is 7.22. The zero-order valence-electron chi connectivity index (χ0n) is 14.4. The fraction of sp³-hybridized carbons (Fsp3) is 0.0526. The van der Waals surface area contributed by atoms with Gasteiger partial charge in [0.15, 0.2) is 0 Å². The number of nitro groups is 1. The van der Waals surface area contributed by atoms with E-state index in [4.69, 9.17) is 4.74 Å². The summed E-state index contributed by atoms with van der Waals surface area (Å²) in [6.07, 6.45) is 0. The summed E-state index contributed by atoms with van der Waals surface area (Å²) in [7, 11) is 1.29. The maximum Gasteiger partial charge on any atom is 0.350 e. The standard InChI is InChI=1S/C19H12N2O5S2/c1-26-19(23)17-16(12-4-2-3-5-14(12)28-17)20-18(22)15-9-10-8-11(21(24)25)6-7-13(10)27-15/h2-9H,1H3,(H,20,22). The Balaban J connectivity index is 1.73. The van der Waals surface area contributed by atoms with Crippen molar-refractivity contribution in [1.82, 2.24) is 0 Å². The van der Waals surface area contributed by atoms with Crippen LogP contribution in [0.5, 0.6) is 0 Å². The summed E-state index contributed by atoms with van der Waals surface area (Å²) in [6, 6.07) is 13.4. The van der Waals surface area contributed by atoms with Gasteiger partial charge in [-0.05, 0) is 18.2 Å². The van der Waals surface area contributed by atoms with Crippen molar-refractivity contribution in [1.29, 1.82) is 0 Å². The van der Waals surface area contributed by atoms with Crippen molar-refractivity contribution >= 4 is 66.1 Å². The summed E-state index contributed by atoms with van der Waals surface area (Å²) in [4.78, 5) is 36.1. The number of ether oxygens (including phenoxy) is 1. The van der Waals surface area contributed by atoms with Gasteiger partial charge < -0.3 is 10.1 Å². The molecule has 0 fully saturated rings. The molecule has 0 bridgehead atoms. The molecule has 1 amide bonds. The number of hydrogen-bond donors (Lipinski definition) is 1. The van der Waals surface area contributed by atoms with E-state index in [0.29, 0.717) is 20.8 Å². The molecule has 9 heteroatoms. The molecule has 2 heterocycles. The van der Waals surface area contributed by atoms with Gasteiger partial charge in [-0.25, -0.2) is 4.79 Å². The van der Waals surface area contributed by atoms with E-state index in [1.807, 2.05) is 24.3 Å². The van der Waals surface area contributed by atoms with E-state index in [9.17, 15) is 19.7 Å². The molecule has 0 unspecified atom stereocenters. The molecule has 0 spiro atoms. The molecule has 2 aromatic carbocycles. The Bertz CT molecular complexity index is 1260. The molecular weight excluding hydrogens is 400 g/mol. The second kappa shape index (κ2) is 7.02. The Morgan fingerprint density at radius 3 is 2.61 bits per heavy atom. The first-order valence-corrected chi connectivity index (χ1v) is 9.70. The molecule has 2 aromatic heterocycles. The Hall–Kier alpha value is -3.30. The number of rotatable bonds is 4. The highest BCUT2D eigenvalue weighted by Gasteiger charge is 2.22. The van der Waals surface area contributed by atoms with Crippen molar-refractivity contribution in [3.8, 4) is 0 Å². The first kappa shape index (κ1) is 18.1. The van der Waals surface area contributed by atoms with Gasteiger partial charge in [-0.2, -0.15) is 0 Å². The van der Waals surface area contributed by atoms with Crippen molar-refractivity contribution in [2.45, 2.75) is 0 Å². The molecule has 0 aliphatic rings. The van der Waals surface area contributed by atoms with E-state index in [1.54, 1.807) is 12.1 Å². The lowest BCUT2D eigenvalue weighted by Crippen LogP contribution is -2.12. The number of hydrogen-bond acceptors (Lipinski definition) is 7. The quantitative estimate of drug-likeness (QED) is 0.287. The molecule has 4 rings (SSSR count). The first-order valence-electron chi connectivity index (χ1n) is 8.07. The fourth-order valence-electron chi connectivity index (χ4n) is 2.84. The average molecular weight is 412 g/mol. The van der Waals surface area contributed by atoms with Gasteiger partial charge in [0.25, 0.3) is 11.6 Å². The molecule has 4 aromatic rings. The summed E-state index contributed by atoms with van der Waals surface area (Å²) >= 11 is 2.47. The van der Waals surface area contributed by atoms with Gasteiger partial charge in [0.1, 0.15) is 4.88 Å². The van der Waals surface area contributed by atoms with Gasteiger partial charge >= 0.3 is 5.97 Å². The Morgan fingerprint density at radius 1 is 1.07 bits per heavy atom. The van der Waals surface area contributed by atoms with Crippen molar-refractivity contribution in [2.75, 3.05) is 12.4 Å². The number of esters is 1. The van der Waals surface area contributed by atoms with Crippen LogP contribution in [0.25, 0.3) is 20.2 Å². The lowest BCUT2D eigenvalue weighted by molar-refractivity contribution is -0.384. The minimum atomic E-state index is -0.525. The smallest absolute Gasteiger partial charge is 0.350 e. The molecule has 140 valence electrons. The molecule has 0 aliphatic heterocycles. The van der Waals surface area contributed by atoms with Crippen LogP contribution in [0.15, 0.2) is 48.5 Å². The Morgan fingerprint density at radius 2 is 1.86 bits per heavy atom. The Kier molecular flexibility index (Phi) is 4.54. The number of carbonyl (C=O) groups is 2. The molecule has 7 nitrogen and oxygen atoms in total. The number of nitrogens with one attached hydrogen (secondary N) is 1. The molecular formula is C19H12N2O5S2. The number of non-ortho nitro benzene ring substituents is 1. The zero-order chi connectivity index (χ0) is 19.8. The highest BCUT2D eigenvalue weighted by Crippen LogP contribution is 2.37. The van der Waals surface area contributed by atoms with E-state index in [2.05, 4.69) is 5.32 Å². The van der Waals surface area contributed by atoms with Crippen LogP contribution in [0.3, 0.4) is 0 Å². The number of nitro benzene ring substituents is 1. The van der Waals surface area contributed by atoms with Crippen molar-refractivity contribution < 1.29 is 19.2 Å². The van der Waals surface area contributed by atoms with E-state index >= 15 is 0 Å². The van der Waals surface area contributed by atoms with Gasteiger partial charge in [0.05, 0.1) is 22.6 Å². The van der Waals surface area contributed by atoms with Crippen LogP contribution in [0.4, 0.5) is 11.4 Å². The minimum absolute atomic E-state index is 0.0333. The van der Waals surface area contributed by atoms with Crippen molar-refractivity contribution in [3.63, 3.8) is 0 Å². The van der Waals surface area contributed by atoms with E-state index in [1.165, 1.54) is 41.9 Å². The lowest BCUT2D eigenvalue weighted by Gasteiger charge is -2.05. The van der Waals surface area contributed by atoms with Crippen LogP contribution in [-0.2, 0) is 4.74 Å². The largest absolute Gasteiger partial charge is 0.465 e. The summed E-state index contributed by atoms with van der Waals surface area (Å²) in [6.45, 7) is 0. The number of benzene rings is 2. The predicted molar refractivity (Wildman–Crippen MR) is 110 cm³/mol. The van der Waals surface area contributed by atoms with Gasteiger partial charge in [-0.15, -0.1) is 22.7 Å². The molecule has 1 N–H and O–H groups in total. The lowest BCUT2D eigenvalue weighted by atomic mass is 10.2. The van der Waals surface area contributed by atoms with E-state index in [0.717, 1.165) is 14.8 Å². The molecule has 0 atom stereocenters. The number of anilines is 1. The van der Waals surface area contributed by atoms with Gasteiger partial charge in [0.2, 0.25) is 0 Å². The Labute approximate surface area is 166 Å². The molecule has 0 aliphatic carbocycles. The van der Waals surface area contributed by atoms with E-state index in [-0.39, 0.29) is 5.69 Å². The number of nitrogens with zero attached hydrogens (tertiary/aromatic N) is 1. The maximum absolute atomic E-state index is 12.8. The van der Waals surface area contributed by atoms with E-state index < -0.39 is 16.8 Å². The number of thiophene rings is 2. The van der Waals surface area contributed by atoms with Crippen LogP contribution in [0.2, 0.25) is 0 Å². The van der Waals surface area contributed by atoms with Crippen LogP contribution in [0, 0.1) is 10.1 Å². The fourth-order valence-corrected chi connectivity index (χ4v) is 4.85. The number of carbonyl (C=O) groups excluding carboxylic acids is 2. The average Bonchev–Trinajstić information content (AvgIpc) is 3.28. The zero-order valence-corrected chi connectivity index (χ0v) is 16.1. The molecule has 0 saturated carbocycles. The third-order valence-corrected chi connectivity index (χ3v) is 6.40. The predicted octanol–water partition coefficient (Wildman–Crippen LogP) is 5.06. The number of methoxy groups -OCH3 is 1. The summed E-state index contributed by atoms with van der Waals surface area (Å²) < 4.78 is 6.45. The van der Waals surface area contributed by atoms with Crippen LogP contribution >= 0.6 is 22.7 Å². The third kappa shape index (κ3) is 3.10. The topological polar surface area (TPSA) is 98.5 Å². The van der Waals surface area contributed by atoms with Crippen LogP contribution in [-0.4, -0.2) is 23.9 Å². The van der Waals surface area contributed by atoms with Crippen LogP contribution < -0.4 is 5.32 Å². The van der Waals surface area contributed by atoms with Gasteiger partial charge in [0, 0.05) is 32.3 Å². The monoisotopic (exact) mass is 412 g/mol. The molecule has 28 heavy (non-hydrogen) atoms. The van der Waals surface area contributed by atoms with Crippen LogP contribution in [0.1, 0.15) is 19.3 Å². The highest BCUT2D eigenvalue weighted by atomic mass is 32.1. The normalized spacial score (nSPS) is 10.9. The summed E-state index contributed by atoms with van der Waals surface area (Å²) in [5, 5.41) is 15.1. The molecule has 0 saturated heterocycles. The van der Waals surface area contributed by atoms with Gasteiger partial charge in [-0.3, -0.25) is 14.9 Å². The van der Waals surface area contributed by atoms with Crippen molar-refractivity contribution in [2.24, 2.45) is 0 Å². The van der Waals surface area contributed by atoms with Crippen molar-refractivity contribution in [3.05, 3.63) is 68.4 Å². The SMILES string of the molecule is COC(=O)c1sc2ccccc2c1NC(=O)c1cc2cc([N+](=O)[O-])ccc2s1.